The standard InChI is InChI=1S/C20H17F4NO4S/c1-12(2)10-25-11-17(14-5-3-4-6-18(14)21)16-9-13(7-8-15(16)19(25)26)29-30(27,28)20(22,23)24/h3-9,11-12H,10H2,1-2H3. The van der Waals surface area contributed by atoms with E-state index in [-0.39, 0.29) is 27.8 Å². The average Bonchev–Trinajstić information content (AvgIpc) is 2.63. The molecular weight excluding hydrogens is 426 g/mol. The van der Waals surface area contributed by atoms with Gasteiger partial charge >= 0.3 is 15.6 Å². The van der Waals surface area contributed by atoms with Gasteiger partial charge in [0.15, 0.2) is 0 Å². The summed E-state index contributed by atoms with van der Waals surface area (Å²) in [7, 11) is -5.90. The number of hydrogen-bond donors (Lipinski definition) is 0. The lowest BCUT2D eigenvalue weighted by Crippen LogP contribution is -2.28. The lowest BCUT2D eigenvalue weighted by Gasteiger charge is -2.16. The number of fused-ring (bicyclic) bond motifs is 1. The quantitative estimate of drug-likeness (QED) is 0.326. The Bertz CT molecular complexity index is 1260. The van der Waals surface area contributed by atoms with Gasteiger partial charge in [0, 0.05) is 34.6 Å². The maximum absolute atomic E-state index is 14.5. The van der Waals surface area contributed by atoms with Crippen molar-refractivity contribution in [2.45, 2.75) is 25.9 Å². The summed E-state index contributed by atoms with van der Waals surface area (Å²) in [6.45, 7) is 4.10. The van der Waals surface area contributed by atoms with Crippen molar-refractivity contribution in [1.82, 2.24) is 4.57 Å². The second-order valence-electron chi connectivity index (χ2n) is 7.06. The summed E-state index contributed by atoms with van der Waals surface area (Å²) < 4.78 is 80.7. The SMILES string of the molecule is CC(C)Cn1cc(-c2ccccc2F)c2cc(OS(=O)(=O)C(F)(F)F)ccc2c1=O. The topological polar surface area (TPSA) is 65.4 Å². The highest BCUT2D eigenvalue weighted by atomic mass is 32.2. The number of benzene rings is 2. The van der Waals surface area contributed by atoms with Crippen molar-refractivity contribution >= 4 is 20.9 Å². The highest BCUT2D eigenvalue weighted by Gasteiger charge is 2.48. The van der Waals surface area contributed by atoms with E-state index in [1.165, 1.54) is 35.0 Å². The van der Waals surface area contributed by atoms with Gasteiger partial charge in [-0.2, -0.15) is 21.6 Å². The lowest BCUT2D eigenvalue weighted by molar-refractivity contribution is -0.0500. The van der Waals surface area contributed by atoms with E-state index < -0.39 is 32.8 Å². The third-order valence-corrected chi connectivity index (χ3v) is 5.25. The van der Waals surface area contributed by atoms with Crippen LogP contribution in [0.4, 0.5) is 17.6 Å². The minimum absolute atomic E-state index is 0.0694. The summed E-state index contributed by atoms with van der Waals surface area (Å²) in [6.07, 6.45) is 1.41. The number of nitrogens with zero attached hydrogens (tertiary/aromatic N) is 1. The molecule has 10 heteroatoms. The molecule has 0 aliphatic heterocycles. The van der Waals surface area contributed by atoms with Crippen LogP contribution in [0.25, 0.3) is 21.9 Å². The molecule has 5 nitrogen and oxygen atoms in total. The molecule has 0 aliphatic carbocycles. The molecule has 0 amide bonds. The van der Waals surface area contributed by atoms with Crippen LogP contribution in [-0.2, 0) is 16.7 Å². The van der Waals surface area contributed by atoms with Crippen LogP contribution in [0.3, 0.4) is 0 Å². The number of aromatic nitrogens is 1. The van der Waals surface area contributed by atoms with Crippen LogP contribution < -0.4 is 9.74 Å². The van der Waals surface area contributed by atoms with Crippen LogP contribution in [0.1, 0.15) is 13.8 Å². The molecule has 2 aromatic carbocycles. The lowest BCUT2D eigenvalue weighted by atomic mass is 9.99. The molecule has 0 aliphatic rings. The molecule has 0 bridgehead atoms. The molecule has 1 heterocycles. The van der Waals surface area contributed by atoms with Crippen molar-refractivity contribution in [2.24, 2.45) is 5.92 Å². The molecule has 0 spiro atoms. The largest absolute Gasteiger partial charge is 0.534 e. The Hall–Kier alpha value is -2.88. The molecule has 30 heavy (non-hydrogen) atoms. The normalized spacial score (nSPS) is 12.5. The van der Waals surface area contributed by atoms with E-state index >= 15 is 0 Å². The zero-order valence-corrected chi connectivity index (χ0v) is 16.7. The Labute approximate surface area is 169 Å². The van der Waals surface area contributed by atoms with Gasteiger partial charge in [-0.25, -0.2) is 4.39 Å². The number of hydrogen-bond acceptors (Lipinski definition) is 4. The summed E-state index contributed by atoms with van der Waals surface area (Å²) in [5, 5.41) is 0.160. The minimum Gasteiger partial charge on any atom is -0.376 e. The Morgan fingerprint density at radius 1 is 1.03 bits per heavy atom. The fourth-order valence-corrected chi connectivity index (χ4v) is 3.47. The van der Waals surface area contributed by atoms with E-state index in [0.717, 1.165) is 12.1 Å². The average molecular weight is 443 g/mol. The molecule has 0 saturated carbocycles. The van der Waals surface area contributed by atoms with Crippen molar-refractivity contribution < 1.29 is 30.2 Å². The zero-order chi connectivity index (χ0) is 22.3. The summed E-state index contributed by atoms with van der Waals surface area (Å²) in [5.41, 5.74) is -5.73. The van der Waals surface area contributed by atoms with Crippen LogP contribution in [0.2, 0.25) is 0 Å². The van der Waals surface area contributed by atoms with Crippen molar-refractivity contribution in [3.63, 3.8) is 0 Å². The number of alkyl halides is 3. The number of rotatable bonds is 5. The first-order valence-electron chi connectivity index (χ1n) is 8.83. The molecule has 0 saturated heterocycles. The highest BCUT2D eigenvalue weighted by Crippen LogP contribution is 2.33. The summed E-state index contributed by atoms with van der Waals surface area (Å²) in [4.78, 5) is 12.8. The van der Waals surface area contributed by atoms with Crippen LogP contribution >= 0.6 is 0 Å². The van der Waals surface area contributed by atoms with Crippen molar-refractivity contribution in [3.8, 4) is 16.9 Å². The maximum Gasteiger partial charge on any atom is 0.534 e. The van der Waals surface area contributed by atoms with Gasteiger partial charge in [0.2, 0.25) is 0 Å². The van der Waals surface area contributed by atoms with Gasteiger partial charge in [0.1, 0.15) is 11.6 Å². The molecule has 0 atom stereocenters. The fraction of sp³-hybridized carbons (Fsp3) is 0.250. The predicted octanol–water partition coefficient (Wildman–Crippen LogP) is 4.69. The summed E-state index contributed by atoms with van der Waals surface area (Å²) >= 11 is 0. The van der Waals surface area contributed by atoms with Gasteiger partial charge in [0.05, 0.1) is 0 Å². The first-order chi connectivity index (χ1) is 13.9. The molecule has 3 rings (SSSR count). The zero-order valence-electron chi connectivity index (χ0n) is 15.9. The number of halogens is 4. The predicted molar refractivity (Wildman–Crippen MR) is 104 cm³/mol. The highest BCUT2D eigenvalue weighted by molar-refractivity contribution is 7.88. The van der Waals surface area contributed by atoms with Crippen LogP contribution in [0.15, 0.2) is 53.5 Å². The van der Waals surface area contributed by atoms with Crippen LogP contribution in [0, 0.1) is 11.7 Å². The third kappa shape index (κ3) is 4.18. The third-order valence-electron chi connectivity index (χ3n) is 4.27. The molecular formula is C20H17F4NO4S. The maximum atomic E-state index is 14.5. The van der Waals surface area contributed by atoms with Gasteiger partial charge in [-0.1, -0.05) is 32.0 Å². The molecule has 160 valence electrons. The fourth-order valence-electron chi connectivity index (χ4n) is 3.02. The Kier molecular flexibility index (Phi) is 5.64. The summed E-state index contributed by atoms with van der Waals surface area (Å²) in [6, 6.07) is 8.80. The second-order valence-corrected chi connectivity index (χ2v) is 8.60. The van der Waals surface area contributed by atoms with Crippen LogP contribution in [-0.4, -0.2) is 18.5 Å². The van der Waals surface area contributed by atoms with Gasteiger partial charge < -0.3 is 8.75 Å². The van der Waals surface area contributed by atoms with Crippen molar-refractivity contribution in [2.75, 3.05) is 0 Å². The first-order valence-corrected chi connectivity index (χ1v) is 10.2. The van der Waals surface area contributed by atoms with Crippen molar-refractivity contribution in [3.05, 3.63) is 64.8 Å². The Morgan fingerprint density at radius 2 is 1.70 bits per heavy atom. The number of pyridine rings is 1. The molecule has 0 N–H and O–H groups in total. The second kappa shape index (κ2) is 7.75. The van der Waals surface area contributed by atoms with Crippen molar-refractivity contribution in [1.29, 1.82) is 0 Å². The Balaban J connectivity index is 2.29. The van der Waals surface area contributed by atoms with Gasteiger partial charge in [-0.05, 0) is 30.2 Å². The van der Waals surface area contributed by atoms with Crippen LogP contribution in [0.5, 0.6) is 5.75 Å². The minimum atomic E-state index is -5.90. The molecule has 0 unspecified atom stereocenters. The Morgan fingerprint density at radius 3 is 2.30 bits per heavy atom. The smallest absolute Gasteiger partial charge is 0.376 e. The molecule has 3 aromatic rings. The van der Waals surface area contributed by atoms with E-state index in [1.54, 1.807) is 6.07 Å². The van der Waals surface area contributed by atoms with E-state index in [4.69, 9.17) is 0 Å². The summed E-state index contributed by atoms with van der Waals surface area (Å²) in [5.74, 6) is -1.16. The molecule has 0 radical (unpaired) electrons. The van der Waals surface area contributed by atoms with E-state index in [9.17, 15) is 30.8 Å². The van der Waals surface area contributed by atoms with E-state index in [0.29, 0.717) is 6.54 Å². The van der Waals surface area contributed by atoms with Gasteiger partial charge in [-0.15, -0.1) is 0 Å². The van der Waals surface area contributed by atoms with E-state index in [1.807, 2.05) is 13.8 Å². The monoisotopic (exact) mass is 443 g/mol. The van der Waals surface area contributed by atoms with Gasteiger partial charge in [-0.3, -0.25) is 4.79 Å². The first kappa shape index (κ1) is 21.8. The molecule has 0 fully saturated rings. The van der Waals surface area contributed by atoms with Gasteiger partial charge in [0.25, 0.3) is 5.56 Å². The molecule has 1 aromatic heterocycles. The van der Waals surface area contributed by atoms with E-state index in [2.05, 4.69) is 4.18 Å².